The van der Waals surface area contributed by atoms with Gasteiger partial charge in [-0.3, -0.25) is 9.36 Å². The van der Waals surface area contributed by atoms with E-state index in [0.29, 0.717) is 12.1 Å². The summed E-state index contributed by atoms with van der Waals surface area (Å²) in [4.78, 5) is 28.6. The van der Waals surface area contributed by atoms with Crippen molar-refractivity contribution in [2.75, 3.05) is 0 Å². The van der Waals surface area contributed by atoms with Crippen molar-refractivity contribution in [3.63, 3.8) is 0 Å². The van der Waals surface area contributed by atoms with Crippen molar-refractivity contribution in [1.29, 1.82) is 0 Å². The second kappa shape index (κ2) is 7.16. The minimum Gasteiger partial charge on any atom is -0.304 e. The monoisotopic (exact) mass is 356 g/mol. The number of nitrogens with zero attached hydrogens (tertiary/aromatic N) is 3. The van der Waals surface area contributed by atoms with E-state index in [1.807, 2.05) is 42.6 Å². The Morgan fingerprint density at radius 1 is 1.20 bits per heavy atom. The summed E-state index contributed by atoms with van der Waals surface area (Å²) >= 11 is 1.59. The minimum atomic E-state index is -0.325. The van der Waals surface area contributed by atoms with E-state index >= 15 is 0 Å². The number of rotatable bonds is 5. The molecule has 0 aliphatic heterocycles. The van der Waals surface area contributed by atoms with E-state index in [1.54, 1.807) is 24.6 Å². The van der Waals surface area contributed by atoms with Gasteiger partial charge in [-0.05, 0) is 6.92 Å². The number of hydrogen-bond acceptors (Lipinski definition) is 5. The zero-order chi connectivity index (χ0) is 18.0. The highest BCUT2D eigenvalue weighted by atomic mass is 32.1. The van der Waals surface area contributed by atoms with E-state index < -0.39 is 0 Å². The van der Waals surface area contributed by atoms with E-state index in [9.17, 15) is 9.59 Å². The normalized spacial score (nSPS) is 12.3. The highest BCUT2D eigenvalue weighted by molar-refractivity contribution is 7.10. The number of benzene rings is 1. The third-order valence-electron chi connectivity index (χ3n) is 4.08. The predicted molar refractivity (Wildman–Crippen MR) is 99.7 cm³/mol. The summed E-state index contributed by atoms with van der Waals surface area (Å²) in [6, 6.07) is 10.0. The largest absolute Gasteiger partial charge is 0.330 e. The summed E-state index contributed by atoms with van der Waals surface area (Å²) < 4.78 is 2.54. The molecule has 7 heteroatoms. The summed E-state index contributed by atoms with van der Waals surface area (Å²) in [5, 5.41) is 6.31. The summed E-state index contributed by atoms with van der Waals surface area (Å²) in [5.41, 5.74) is 1.99. The maximum atomic E-state index is 12.2. The average molecular weight is 356 g/mol. The fraction of sp³-hybridized carbons (Fsp3) is 0.278. The quantitative estimate of drug-likeness (QED) is 0.760. The van der Waals surface area contributed by atoms with Crippen LogP contribution in [0.1, 0.15) is 23.5 Å². The van der Waals surface area contributed by atoms with Crippen LogP contribution in [0.3, 0.4) is 0 Å². The molecule has 3 aromatic rings. The van der Waals surface area contributed by atoms with Gasteiger partial charge in [0.15, 0.2) is 0 Å². The number of aromatic nitrogens is 3. The van der Waals surface area contributed by atoms with E-state index in [2.05, 4.69) is 10.3 Å². The molecule has 1 N–H and O–H groups in total. The highest BCUT2D eigenvalue weighted by Crippen LogP contribution is 2.25. The summed E-state index contributed by atoms with van der Waals surface area (Å²) in [6.07, 6.45) is 1.58. The summed E-state index contributed by atoms with van der Waals surface area (Å²) in [7, 11) is 3.13. The van der Waals surface area contributed by atoms with Crippen LogP contribution in [0.25, 0.3) is 11.3 Å². The number of nitrogens with one attached hydrogen (secondary N) is 1. The molecule has 0 saturated carbocycles. The summed E-state index contributed by atoms with van der Waals surface area (Å²) in [5.74, 6) is 0. The second-order valence-corrected chi connectivity index (χ2v) is 6.84. The Kier molecular flexibility index (Phi) is 4.96. The smallest absolute Gasteiger partial charge is 0.304 e. The van der Waals surface area contributed by atoms with Crippen LogP contribution in [-0.4, -0.2) is 14.1 Å². The molecular formula is C18H20N4O2S. The van der Waals surface area contributed by atoms with Gasteiger partial charge in [0.1, 0.15) is 5.01 Å². The lowest BCUT2D eigenvalue weighted by atomic mass is 10.2. The molecule has 2 aromatic heterocycles. The number of aryl methyl sites for hydroxylation is 1. The van der Waals surface area contributed by atoms with Gasteiger partial charge in [-0.2, -0.15) is 0 Å². The lowest BCUT2D eigenvalue weighted by molar-refractivity contribution is 0.557. The van der Waals surface area contributed by atoms with Gasteiger partial charge < -0.3 is 9.88 Å². The van der Waals surface area contributed by atoms with Crippen LogP contribution in [0.4, 0.5) is 0 Å². The maximum Gasteiger partial charge on any atom is 0.330 e. The molecular weight excluding hydrogens is 336 g/mol. The SMILES string of the molecule is CC(NCc1cn(C)c(=O)n(C)c1=O)c1nc(-c2ccccc2)cs1. The molecule has 3 rings (SSSR count). The molecule has 0 aliphatic carbocycles. The second-order valence-electron chi connectivity index (χ2n) is 5.95. The Labute approximate surface area is 149 Å². The molecule has 0 saturated heterocycles. The van der Waals surface area contributed by atoms with Crippen LogP contribution in [0, 0.1) is 0 Å². The van der Waals surface area contributed by atoms with E-state index in [0.717, 1.165) is 20.8 Å². The van der Waals surface area contributed by atoms with Gasteiger partial charge in [-0.1, -0.05) is 30.3 Å². The first kappa shape index (κ1) is 17.3. The minimum absolute atomic E-state index is 0.00408. The molecule has 1 atom stereocenters. The van der Waals surface area contributed by atoms with Crippen LogP contribution < -0.4 is 16.6 Å². The maximum absolute atomic E-state index is 12.2. The molecule has 0 radical (unpaired) electrons. The Morgan fingerprint density at radius 3 is 2.64 bits per heavy atom. The zero-order valence-corrected chi connectivity index (χ0v) is 15.2. The van der Waals surface area contributed by atoms with Gasteiger partial charge in [0.25, 0.3) is 5.56 Å². The molecule has 0 aliphatic rings. The van der Waals surface area contributed by atoms with Crippen molar-refractivity contribution in [3.8, 4) is 11.3 Å². The Bertz CT molecular complexity index is 988. The van der Waals surface area contributed by atoms with Gasteiger partial charge >= 0.3 is 5.69 Å². The van der Waals surface area contributed by atoms with Crippen LogP contribution >= 0.6 is 11.3 Å². The van der Waals surface area contributed by atoms with Crippen molar-refractivity contribution < 1.29 is 0 Å². The molecule has 25 heavy (non-hydrogen) atoms. The van der Waals surface area contributed by atoms with Gasteiger partial charge in [0.2, 0.25) is 0 Å². The number of thiazole rings is 1. The Balaban J connectivity index is 1.74. The first-order valence-corrected chi connectivity index (χ1v) is 8.85. The molecule has 130 valence electrons. The highest BCUT2D eigenvalue weighted by Gasteiger charge is 2.13. The topological polar surface area (TPSA) is 68.9 Å². The molecule has 0 fully saturated rings. The predicted octanol–water partition coefficient (Wildman–Crippen LogP) is 2.06. The van der Waals surface area contributed by atoms with E-state index in [4.69, 9.17) is 0 Å². The van der Waals surface area contributed by atoms with Crippen molar-refractivity contribution in [2.45, 2.75) is 19.5 Å². The van der Waals surface area contributed by atoms with E-state index in [1.165, 1.54) is 11.6 Å². The molecule has 2 heterocycles. The van der Waals surface area contributed by atoms with Crippen LogP contribution in [0.15, 0.2) is 51.5 Å². The standard InChI is InChI=1S/C18H20N4O2S/c1-12(16-20-15(11-25-16)13-7-5-4-6-8-13)19-9-14-10-21(2)18(24)22(3)17(14)23/h4-8,10-12,19H,9H2,1-3H3. The molecule has 0 amide bonds. The average Bonchev–Trinajstić information content (AvgIpc) is 3.12. The summed E-state index contributed by atoms with van der Waals surface area (Å²) in [6.45, 7) is 2.39. The fourth-order valence-electron chi connectivity index (χ4n) is 2.58. The van der Waals surface area contributed by atoms with Crippen LogP contribution in [0.5, 0.6) is 0 Å². The third-order valence-corrected chi connectivity index (χ3v) is 5.11. The molecule has 6 nitrogen and oxygen atoms in total. The van der Waals surface area contributed by atoms with Crippen molar-refractivity contribution in [2.24, 2.45) is 14.1 Å². The van der Waals surface area contributed by atoms with Crippen molar-refractivity contribution in [1.82, 2.24) is 19.4 Å². The van der Waals surface area contributed by atoms with Crippen LogP contribution in [-0.2, 0) is 20.6 Å². The van der Waals surface area contributed by atoms with Gasteiger partial charge in [-0.25, -0.2) is 9.78 Å². The first-order valence-electron chi connectivity index (χ1n) is 7.97. The van der Waals surface area contributed by atoms with Gasteiger partial charge in [0, 0.05) is 43.3 Å². The number of hydrogen-bond donors (Lipinski definition) is 1. The van der Waals surface area contributed by atoms with Crippen LogP contribution in [0.2, 0.25) is 0 Å². The van der Waals surface area contributed by atoms with Crippen molar-refractivity contribution in [3.05, 3.63) is 73.3 Å². The van der Waals surface area contributed by atoms with Gasteiger partial charge in [-0.15, -0.1) is 11.3 Å². The van der Waals surface area contributed by atoms with Crippen molar-refractivity contribution >= 4 is 11.3 Å². The molecule has 0 bridgehead atoms. The lowest BCUT2D eigenvalue weighted by Crippen LogP contribution is -2.39. The van der Waals surface area contributed by atoms with E-state index in [-0.39, 0.29) is 17.3 Å². The molecule has 0 spiro atoms. The Hall–Kier alpha value is -2.51. The van der Waals surface area contributed by atoms with Gasteiger partial charge in [0.05, 0.1) is 11.7 Å². The molecule has 1 aromatic carbocycles. The first-order chi connectivity index (χ1) is 12.0. The fourth-order valence-corrected chi connectivity index (χ4v) is 3.44. The zero-order valence-electron chi connectivity index (χ0n) is 14.4. The Morgan fingerprint density at radius 2 is 1.92 bits per heavy atom. The third kappa shape index (κ3) is 3.62. The lowest BCUT2D eigenvalue weighted by Gasteiger charge is -2.12. The molecule has 1 unspecified atom stereocenters.